The molecule has 1 aromatic carbocycles. The molecule has 178 valence electrons. The van der Waals surface area contributed by atoms with E-state index >= 15 is 4.39 Å². The highest BCUT2D eigenvalue weighted by Gasteiger charge is 2.25. The van der Waals surface area contributed by atoms with E-state index in [1.165, 1.54) is 18.5 Å². The summed E-state index contributed by atoms with van der Waals surface area (Å²) in [7, 11) is 0. The number of nitrogen functional groups attached to an aromatic ring is 1. The van der Waals surface area contributed by atoms with Gasteiger partial charge in [-0.2, -0.15) is 0 Å². The van der Waals surface area contributed by atoms with Gasteiger partial charge in [-0.05, 0) is 42.3 Å². The van der Waals surface area contributed by atoms with Crippen LogP contribution in [0.1, 0.15) is 45.4 Å². The van der Waals surface area contributed by atoms with Gasteiger partial charge in [0.2, 0.25) is 0 Å². The Balaban J connectivity index is 1.46. The second kappa shape index (κ2) is 9.92. The molecule has 36 heavy (non-hydrogen) atoms. The van der Waals surface area contributed by atoms with E-state index in [4.69, 9.17) is 5.73 Å². The van der Waals surface area contributed by atoms with Gasteiger partial charge in [0.1, 0.15) is 18.0 Å². The van der Waals surface area contributed by atoms with Gasteiger partial charge in [0.15, 0.2) is 0 Å². The number of aromatic nitrogens is 4. The van der Waals surface area contributed by atoms with Gasteiger partial charge in [-0.25, -0.2) is 19.3 Å². The largest absolute Gasteiger partial charge is 0.384 e. The van der Waals surface area contributed by atoms with Crippen molar-refractivity contribution in [1.82, 2.24) is 24.8 Å². The summed E-state index contributed by atoms with van der Waals surface area (Å²) in [6, 6.07) is 11.8. The fourth-order valence-electron chi connectivity index (χ4n) is 4.20. The lowest BCUT2D eigenvalue weighted by atomic mass is 10.0. The van der Waals surface area contributed by atoms with Gasteiger partial charge >= 0.3 is 0 Å². The molecule has 7 nitrogen and oxygen atoms in total. The number of pyridine rings is 2. The lowest BCUT2D eigenvalue weighted by Gasteiger charge is -2.28. The predicted octanol–water partition coefficient (Wildman–Crippen LogP) is 3.82. The number of anilines is 1. The molecule has 2 N–H and O–H groups in total. The maximum Gasteiger partial charge on any atom is 0.257 e. The number of nitrogens with zero attached hydrogens (tertiary/aromatic N) is 5. The summed E-state index contributed by atoms with van der Waals surface area (Å²) in [6.45, 7) is 2.88. The number of carbonyl (C=O) groups excluding carboxylic acids is 1. The minimum absolute atomic E-state index is 0.0245. The lowest BCUT2D eigenvalue weighted by molar-refractivity contribution is 0.0729. The summed E-state index contributed by atoms with van der Waals surface area (Å²) in [4.78, 5) is 32.0. The maximum atomic E-state index is 15.3. The van der Waals surface area contributed by atoms with Gasteiger partial charge in [0.05, 0.1) is 22.5 Å². The normalized spacial score (nSPS) is 12.4. The molecule has 4 heterocycles. The third-order valence-electron chi connectivity index (χ3n) is 6.10. The molecular weight excluding hydrogens is 455 g/mol. The third-order valence-corrected chi connectivity index (χ3v) is 6.10. The first-order chi connectivity index (χ1) is 17.5. The van der Waals surface area contributed by atoms with Gasteiger partial charge in [-0.3, -0.25) is 9.78 Å². The van der Waals surface area contributed by atoms with Gasteiger partial charge < -0.3 is 10.6 Å². The van der Waals surface area contributed by atoms with Crippen molar-refractivity contribution in [2.75, 3.05) is 12.3 Å². The monoisotopic (exact) mass is 478 g/mol. The SMILES string of the molecule is CCc1ncnc(-c2ccc(C(=O)N3CCc4ncccc4C3)c(F)c2)c1C#Cc1ccc(N)nc1. The molecule has 5 rings (SSSR count). The number of hydrogen-bond acceptors (Lipinski definition) is 6. The molecule has 1 amide bonds. The number of benzene rings is 1. The molecule has 8 heteroatoms. The second-order valence-electron chi connectivity index (χ2n) is 8.40. The van der Waals surface area contributed by atoms with E-state index in [1.54, 1.807) is 35.5 Å². The Morgan fingerprint density at radius 3 is 2.78 bits per heavy atom. The van der Waals surface area contributed by atoms with Gasteiger partial charge in [-0.15, -0.1) is 0 Å². The van der Waals surface area contributed by atoms with Crippen molar-refractivity contribution in [3.8, 4) is 23.1 Å². The first kappa shape index (κ1) is 23.1. The average molecular weight is 479 g/mol. The third kappa shape index (κ3) is 4.64. The van der Waals surface area contributed by atoms with E-state index in [2.05, 4.69) is 31.8 Å². The van der Waals surface area contributed by atoms with Crippen molar-refractivity contribution in [2.24, 2.45) is 0 Å². The number of nitrogens with two attached hydrogens (primary N) is 1. The molecular formula is C28H23FN6O. The van der Waals surface area contributed by atoms with E-state index in [9.17, 15) is 4.79 Å². The van der Waals surface area contributed by atoms with Gasteiger partial charge in [-0.1, -0.05) is 30.9 Å². The van der Waals surface area contributed by atoms with Crippen LogP contribution in [-0.2, 0) is 19.4 Å². The molecule has 0 saturated carbocycles. The fourth-order valence-corrected chi connectivity index (χ4v) is 4.20. The molecule has 0 radical (unpaired) electrons. The summed E-state index contributed by atoms with van der Waals surface area (Å²) in [6.07, 6.45) is 6.06. The van der Waals surface area contributed by atoms with Gasteiger partial charge in [0, 0.05) is 48.7 Å². The molecule has 0 aliphatic carbocycles. The minimum Gasteiger partial charge on any atom is -0.384 e. The van der Waals surface area contributed by atoms with Gasteiger partial charge in [0.25, 0.3) is 5.91 Å². The van der Waals surface area contributed by atoms with Crippen LogP contribution in [0.2, 0.25) is 0 Å². The zero-order valence-electron chi connectivity index (χ0n) is 19.7. The first-order valence-corrected chi connectivity index (χ1v) is 11.6. The van der Waals surface area contributed by atoms with Crippen LogP contribution in [0.25, 0.3) is 11.3 Å². The van der Waals surface area contributed by atoms with Crippen LogP contribution in [0.15, 0.2) is 61.2 Å². The summed E-state index contributed by atoms with van der Waals surface area (Å²) in [5.41, 5.74) is 10.7. The Morgan fingerprint density at radius 1 is 1.11 bits per heavy atom. The Hall–Kier alpha value is -4.64. The van der Waals surface area contributed by atoms with Crippen LogP contribution < -0.4 is 5.73 Å². The Morgan fingerprint density at radius 2 is 2.00 bits per heavy atom. The molecule has 0 saturated heterocycles. The van der Waals surface area contributed by atoms with Crippen molar-refractivity contribution in [2.45, 2.75) is 26.3 Å². The first-order valence-electron chi connectivity index (χ1n) is 11.6. The number of hydrogen-bond donors (Lipinski definition) is 1. The number of rotatable bonds is 3. The number of amides is 1. The Labute approximate surface area is 208 Å². The van der Waals surface area contributed by atoms with Crippen LogP contribution in [-0.4, -0.2) is 37.3 Å². The zero-order valence-corrected chi connectivity index (χ0v) is 19.7. The quantitative estimate of drug-likeness (QED) is 0.450. The fraction of sp³-hybridized carbons (Fsp3) is 0.179. The maximum absolute atomic E-state index is 15.3. The van der Waals surface area contributed by atoms with Crippen molar-refractivity contribution in [1.29, 1.82) is 0 Å². The highest BCUT2D eigenvalue weighted by molar-refractivity contribution is 5.95. The molecule has 0 unspecified atom stereocenters. The van der Waals surface area contributed by atoms with E-state index in [1.807, 2.05) is 19.1 Å². The predicted molar refractivity (Wildman–Crippen MR) is 134 cm³/mol. The Kier molecular flexibility index (Phi) is 6.37. The highest BCUT2D eigenvalue weighted by Crippen LogP contribution is 2.26. The number of aryl methyl sites for hydroxylation is 1. The highest BCUT2D eigenvalue weighted by atomic mass is 19.1. The van der Waals surface area contributed by atoms with Crippen LogP contribution in [0.4, 0.5) is 10.2 Å². The van der Waals surface area contributed by atoms with E-state index < -0.39 is 5.82 Å². The smallest absolute Gasteiger partial charge is 0.257 e. The molecule has 1 aliphatic rings. The topological polar surface area (TPSA) is 97.9 Å². The minimum atomic E-state index is -0.604. The zero-order chi connectivity index (χ0) is 25.1. The van der Waals surface area contributed by atoms with Crippen molar-refractivity contribution in [3.05, 3.63) is 101 Å². The molecule has 3 aromatic heterocycles. The molecule has 0 spiro atoms. The van der Waals surface area contributed by atoms with Crippen LogP contribution >= 0.6 is 0 Å². The number of fused-ring (bicyclic) bond motifs is 1. The summed E-state index contributed by atoms with van der Waals surface area (Å²) < 4.78 is 15.3. The van der Waals surface area contributed by atoms with Crippen LogP contribution in [0.5, 0.6) is 0 Å². The summed E-state index contributed by atoms with van der Waals surface area (Å²) in [5, 5.41) is 0. The van der Waals surface area contributed by atoms with Crippen molar-refractivity contribution in [3.63, 3.8) is 0 Å². The Bertz CT molecular complexity index is 1510. The molecule has 1 aliphatic heterocycles. The molecule has 0 bridgehead atoms. The van der Waals surface area contributed by atoms with Crippen LogP contribution in [0.3, 0.4) is 0 Å². The standard InChI is InChI=1S/C28H23FN6O/c1-2-24-22(8-5-18-6-10-26(30)32-15-18)27(34-17-33-24)19-7-9-21(23(29)14-19)28(36)35-13-11-25-20(16-35)4-3-12-31-25/h3-4,6-7,9-10,12,14-15,17H,2,11,13,16H2,1H3,(H2,30,32). The summed E-state index contributed by atoms with van der Waals surface area (Å²) >= 11 is 0. The second-order valence-corrected chi connectivity index (χ2v) is 8.40. The number of carbonyl (C=O) groups is 1. The van der Waals surface area contributed by atoms with E-state index in [0.717, 1.165) is 17.0 Å². The number of halogens is 1. The molecule has 0 fully saturated rings. The van der Waals surface area contributed by atoms with Crippen molar-refractivity contribution >= 4 is 11.7 Å². The average Bonchev–Trinajstić information content (AvgIpc) is 2.92. The van der Waals surface area contributed by atoms with Crippen LogP contribution in [0, 0.1) is 17.7 Å². The summed E-state index contributed by atoms with van der Waals surface area (Å²) in [5.74, 6) is 5.65. The molecule has 4 aromatic rings. The van der Waals surface area contributed by atoms with E-state index in [-0.39, 0.29) is 11.5 Å². The molecule has 0 atom stereocenters. The lowest BCUT2D eigenvalue weighted by Crippen LogP contribution is -2.36. The van der Waals surface area contributed by atoms with Crippen molar-refractivity contribution < 1.29 is 9.18 Å². The van der Waals surface area contributed by atoms with E-state index in [0.29, 0.717) is 54.1 Å².